The van der Waals surface area contributed by atoms with Gasteiger partial charge in [-0.1, -0.05) is 42.8 Å². The van der Waals surface area contributed by atoms with Gasteiger partial charge in [0.05, 0.1) is 0 Å². The third-order valence-corrected chi connectivity index (χ3v) is 3.80. The molecule has 1 atom stereocenters. The number of hydrogen-bond donors (Lipinski definition) is 0. The molecule has 0 aliphatic carbocycles. The lowest BCUT2D eigenvalue weighted by molar-refractivity contribution is 0.291. The number of rotatable bonds is 3. The van der Waals surface area contributed by atoms with Gasteiger partial charge in [-0.05, 0) is 38.8 Å². The van der Waals surface area contributed by atoms with Crippen LogP contribution in [0.2, 0.25) is 5.02 Å². The van der Waals surface area contributed by atoms with Crippen LogP contribution in [0.3, 0.4) is 0 Å². The van der Waals surface area contributed by atoms with Gasteiger partial charge in [0.25, 0.3) is 0 Å². The Labute approximate surface area is 120 Å². The van der Waals surface area contributed by atoms with Gasteiger partial charge in [0.15, 0.2) is 0 Å². The topological polar surface area (TPSA) is 15.6 Å². The largest absolute Gasteiger partial charge is 0.268 e. The number of hydrogen-bond acceptors (Lipinski definition) is 2. The first-order chi connectivity index (χ1) is 9.04. The number of halogens is 1. The van der Waals surface area contributed by atoms with Crippen LogP contribution in [0.5, 0.6) is 0 Å². The molecule has 1 heterocycles. The minimum Gasteiger partial charge on any atom is -0.268 e. The Kier molecular flexibility index (Phi) is 4.31. The van der Waals surface area contributed by atoms with Gasteiger partial charge in [0.2, 0.25) is 0 Å². The second-order valence-electron chi connectivity index (χ2n) is 5.19. The Bertz CT molecular complexity index is 517. The van der Waals surface area contributed by atoms with Crippen molar-refractivity contribution in [2.45, 2.75) is 46.1 Å². The average Bonchev–Trinajstić information content (AvgIpc) is 2.38. The molecule has 1 unspecified atom stereocenters. The van der Waals surface area contributed by atoms with Crippen LogP contribution in [0, 0.1) is 0 Å². The highest BCUT2D eigenvalue weighted by molar-refractivity contribution is 6.31. The summed E-state index contributed by atoms with van der Waals surface area (Å²) in [6, 6.07) is 8.42. The van der Waals surface area contributed by atoms with Gasteiger partial charge in [-0.2, -0.15) is 5.10 Å². The lowest BCUT2D eigenvalue weighted by Crippen LogP contribution is -2.30. The monoisotopic (exact) mass is 276 g/mol. The maximum atomic E-state index is 6.33. The molecule has 0 saturated carbocycles. The minimum absolute atomic E-state index is 0.202. The third kappa shape index (κ3) is 2.84. The summed E-state index contributed by atoms with van der Waals surface area (Å²) in [5, 5.41) is 7.71. The molecule has 2 nitrogen and oxygen atoms in total. The van der Waals surface area contributed by atoms with Gasteiger partial charge < -0.3 is 0 Å². The normalized spacial score (nSPS) is 19.5. The van der Waals surface area contributed by atoms with Crippen molar-refractivity contribution < 1.29 is 0 Å². The average molecular weight is 277 g/mol. The molecule has 0 amide bonds. The predicted octanol–water partition coefficient (Wildman–Crippen LogP) is 4.82. The molecule has 1 aliphatic rings. The molecule has 0 radical (unpaired) electrons. The Morgan fingerprint density at radius 1 is 1.32 bits per heavy atom. The molecule has 1 aromatic carbocycles. The van der Waals surface area contributed by atoms with E-state index in [0.717, 1.165) is 17.0 Å². The molecule has 19 heavy (non-hydrogen) atoms. The molecule has 0 saturated heterocycles. The zero-order valence-corrected chi connectivity index (χ0v) is 12.8. The maximum absolute atomic E-state index is 6.33. The third-order valence-electron chi connectivity index (χ3n) is 3.46. The van der Waals surface area contributed by atoms with Crippen LogP contribution in [-0.2, 0) is 0 Å². The molecule has 102 valence electrons. The van der Waals surface area contributed by atoms with Crippen LogP contribution < -0.4 is 0 Å². The van der Waals surface area contributed by atoms with Crippen LogP contribution in [0.15, 0.2) is 41.1 Å². The van der Waals surface area contributed by atoms with Gasteiger partial charge >= 0.3 is 0 Å². The second-order valence-corrected chi connectivity index (χ2v) is 5.60. The van der Waals surface area contributed by atoms with E-state index in [1.807, 2.05) is 18.2 Å². The van der Waals surface area contributed by atoms with Gasteiger partial charge in [-0.15, -0.1) is 0 Å². The highest BCUT2D eigenvalue weighted by Gasteiger charge is 2.24. The summed E-state index contributed by atoms with van der Waals surface area (Å²) in [5.74, 6) is 0.202. The second kappa shape index (κ2) is 5.79. The lowest BCUT2D eigenvalue weighted by Gasteiger charge is -2.32. The molecular weight excluding hydrogens is 256 g/mol. The summed E-state index contributed by atoms with van der Waals surface area (Å²) in [4.78, 5) is 0. The Balaban J connectivity index is 2.42. The molecule has 0 fully saturated rings. The van der Waals surface area contributed by atoms with Crippen molar-refractivity contribution in [1.82, 2.24) is 5.01 Å². The zero-order valence-electron chi connectivity index (χ0n) is 12.0. The molecule has 3 heteroatoms. The molecule has 0 spiro atoms. The molecule has 0 aromatic heterocycles. The molecule has 0 bridgehead atoms. The number of allylic oxidation sites excluding steroid dienone is 2. The summed E-state index contributed by atoms with van der Waals surface area (Å²) < 4.78 is 0. The van der Waals surface area contributed by atoms with E-state index < -0.39 is 0 Å². The minimum atomic E-state index is 0.202. The number of nitrogens with zero attached hydrogens (tertiary/aromatic N) is 2. The van der Waals surface area contributed by atoms with Gasteiger partial charge in [-0.25, -0.2) is 0 Å². The first kappa shape index (κ1) is 14.1. The summed E-state index contributed by atoms with van der Waals surface area (Å²) in [6.45, 7) is 8.57. The Hall–Kier alpha value is -1.28. The fraction of sp³-hybridized carbons (Fsp3) is 0.438. The van der Waals surface area contributed by atoms with E-state index in [1.165, 1.54) is 11.4 Å². The SMILES string of the molecule is CCC1=NN(C(C)C)C(C)=CC1c1ccccc1Cl. The van der Waals surface area contributed by atoms with E-state index >= 15 is 0 Å². The fourth-order valence-electron chi connectivity index (χ4n) is 2.50. The van der Waals surface area contributed by atoms with E-state index in [0.29, 0.717) is 6.04 Å². The zero-order chi connectivity index (χ0) is 14.0. The fourth-order valence-corrected chi connectivity index (χ4v) is 2.76. The quantitative estimate of drug-likeness (QED) is 0.773. The maximum Gasteiger partial charge on any atom is 0.0496 e. The van der Waals surface area contributed by atoms with E-state index in [4.69, 9.17) is 16.7 Å². The first-order valence-corrected chi connectivity index (χ1v) is 7.21. The van der Waals surface area contributed by atoms with Crippen molar-refractivity contribution in [2.75, 3.05) is 0 Å². The summed E-state index contributed by atoms with van der Waals surface area (Å²) in [5.41, 5.74) is 3.51. The smallest absolute Gasteiger partial charge is 0.0496 e. The number of benzene rings is 1. The van der Waals surface area contributed by atoms with Crippen LogP contribution in [0.4, 0.5) is 0 Å². The van der Waals surface area contributed by atoms with Crippen LogP contribution in [-0.4, -0.2) is 16.8 Å². The molecular formula is C16H21ClN2. The van der Waals surface area contributed by atoms with Crippen molar-refractivity contribution >= 4 is 17.3 Å². The predicted molar refractivity (Wildman–Crippen MR) is 82.7 cm³/mol. The van der Waals surface area contributed by atoms with Crippen molar-refractivity contribution in [1.29, 1.82) is 0 Å². The Morgan fingerprint density at radius 3 is 2.58 bits per heavy atom. The number of hydrazone groups is 1. The van der Waals surface area contributed by atoms with E-state index in [-0.39, 0.29) is 5.92 Å². The van der Waals surface area contributed by atoms with Crippen molar-refractivity contribution in [3.63, 3.8) is 0 Å². The summed E-state index contributed by atoms with van der Waals surface area (Å²) >= 11 is 6.33. The Morgan fingerprint density at radius 2 is 2.00 bits per heavy atom. The van der Waals surface area contributed by atoms with Crippen molar-refractivity contribution in [3.05, 3.63) is 46.6 Å². The first-order valence-electron chi connectivity index (χ1n) is 6.84. The van der Waals surface area contributed by atoms with Crippen molar-refractivity contribution in [3.8, 4) is 0 Å². The van der Waals surface area contributed by atoms with E-state index in [9.17, 15) is 0 Å². The van der Waals surface area contributed by atoms with Gasteiger partial charge in [0, 0.05) is 28.4 Å². The molecule has 0 N–H and O–H groups in total. The molecule has 1 aromatic rings. The molecule has 2 rings (SSSR count). The highest BCUT2D eigenvalue weighted by Crippen LogP contribution is 2.32. The highest BCUT2D eigenvalue weighted by atomic mass is 35.5. The van der Waals surface area contributed by atoms with E-state index in [1.54, 1.807) is 0 Å². The van der Waals surface area contributed by atoms with Gasteiger partial charge in [-0.3, -0.25) is 5.01 Å². The van der Waals surface area contributed by atoms with Crippen molar-refractivity contribution in [2.24, 2.45) is 5.10 Å². The summed E-state index contributed by atoms with van der Waals surface area (Å²) in [7, 11) is 0. The van der Waals surface area contributed by atoms with Crippen LogP contribution in [0.1, 0.15) is 45.6 Å². The lowest BCUT2D eigenvalue weighted by atomic mass is 9.90. The standard InChI is InChI=1S/C16H21ClN2/c1-5-16-14(13-8-6-7-9-15(13)17)10-12(4)19(18-16)11(2)3/h6-11,14H,5H2,1-4H3. The van der Waals surface area contributed by atoms with E-state index in [2.05, 4.69) is 44.8 Å². The van der Waals surface area contributed by atoms with Crippen LogP contribution in [0.25, 0.3) is 0 Å². The van der Waals surface area contributed by atoms with Gasteiger partial charge in [0.1, 0.15) is 0 Å². The summed E-state index contributed by atoms with van der Waals surface area (Å²) in [6.07, 6.45) is 3.20. The molecule has 1 aliphatic heterocycles. The van der Waals surface area contributed by atoms with Crippen LogP contribution >= 0.6 is 11.6 Å².